The van der Waals surface area contributed by atoms with E-state index in [9.17, 15) is 4.39 Å². The Kier molecular flexibility index (Phi) is 4.82. The Morgan fingerprint density at radius 1 is 1.05 bits per heavy atom. The Bertz CT molecular complexity index is 552. The molecule has 0 saturated carbocycles. The maximum absolute atomic E-state index is 13.6. The number of nitrogens with one attached hydrogen (secondary N) is 1. The highest BCUT2D eigenvalue weighted by molar-refractivity contribution is 5.51. The molecule has 1 N–H and O–H groups in total. The van der Waals surface area contributed by atoms with Gasteiger partial charge in [0.2, 0.25) is 0 Å². The Morgan fingerprint density at radius 3 is 2.50 bits per heavy atom. The molecule has 0 unspecified atom stereocenters. The van der Waals surface area contributed by atoms with Gasteiger partial charge in [-0.25, -0.2) is 4.39 Å². The molecule has 0 aliphatic carbocycles. The summed E-state index contributed by atoms with van der Waals surface area (Å²) in [5.41, 5.74) is 1.40. The molecule has 0 radical (unpaired) electrons. The lowest BCUT2D eigenvalue weighted by Gasteiger charge is -2.13. The van der Waals surface area contributed by atoms with Crippen molar-refractivity contribution in [2.24, 2.45) is 0 Å². The molecule has 0 aliphatic rings. The number of hydrogen-bond acceptors (Lipinski definition) is 3. The summed E-state index contributed by atoms with van der Waals surface area (Å²) in [6, 6.07) is 12.4. The fourth-order valence-electron chi connectivity index (χ4n) is 1.93. The summed E-state index contributed by atoms with van der Waals surface area (Å²) in [5, 5.41) is 3.05. The summed E-state index contributed by atoms with van der Waals surface area (Å²) in [6.45, 7) is 2.81. The highest BCUT2D eigenvalue weighted by Crippen LogP contribution is 2.25. The lowest BCUT2D eigenvalue weighted by molar-refractivity contribution is 0.305. The minimum absolute atomic E-state index is 0.248. The third-order valence-electron chi connectivity index (χ3n) is 2.95. The predicted molar refractivity (Wildman–Crippen MR) is 78.1 cm³/mol. The number of methoxy groups -OCH3 is 1. The first-order valence-corrected chi connectivity index (χ1v) is 6.47. The molecule has 0 amide bonds. The summed E-state index contributed by atoms with van der Waals surface area (Å²) in [4.78, 5) is 0. The van der Waals surface area contributed by atoms with Crippen LogP contribution in [0.4, 0.5) is 10.1 Å². The van der Waals surface area contributed by atoms with Crippen molar-refractivity contribution >= 4 is 5.69 Å². The molecule has 0 heterocycles. The Hall–Kier alpha value is -2.23. The molecule has 0 fully saturated rings. The van der Waals surface area contributed by atoms with Crippen molar-refractivity contribution in [2.75, 3.05) is 25.6 Å². The lowest BCUT2D eigenvalue weighted by Crippen LogP contribution is -2.13. The second-order valence-corrected chi connectivity index (χ2v) is 4.36. The van der Waals surface area contributed by atoms with Gasteiger partial charge in [0.25, 0.3) is 0 Å². The van der Waals surface area contributed by atoms with Gasteiger partial charge in [0, 0.05) is 6.54 Å². The molecule has 0 bridgehead atoms. The normalized spacial score (nSPS) is 10.2. The van der Waals surface area contributed by atoms with Crippen LogP contribution in [-0.2, 0) is 0 Å². The van der Waals surface area contributed by atoms with Crippen LogP contribution in [0.25, 0.3) is 0 Å². The van der Waals surface area contributed by atoms with Crippen molar-refractivity contribution < 1.29 is 13.9 Å². The van der Waals surface area contributed by atoms with Crippen molar-refractivity contribution in [3.05, 3.63) is 53.8 Å². The van der Waals surface area contributed by atoms with E-state index < -0.39 is 0 Å². The minimum Gasteiger partial charge on any atom is -0.493 e. The molecule has 2 rings (SSSR count). The SMILES string of the molecule is COc1ccccc1OCCNc1c(C)cccc1F. The van der Waals surface area contributed by atoms with E-state index in [1.807, 2.05) is 37.3 Å². The lowest BCUT2D eigenvalue weighted by atomic mass is 10.2. The molecular formula is C16H18FNO2. The van der Waals surface area contributed by atoms with Gasteiger partial charge in [-0.2, -0.15) is 0 Å². The van der Waals surface area contributed by atoms with E-state index in [0.717, 1.165) is 5.56 Å². The van der Waals surface area contributed by atoms with E-state index in [2.05, 4.69) is 5.32 Å². The van der Waals surface area contributed by atoms with Crippen LogP contribution in [0.15, 0.2) is 42.5 Å². The zero-order valence-electron chi connectivity index (χ0n) is 11.7. The number of ether oxygens (including phenoxy) is 2. The fourth-order valence-corrected chi connectivity index (χ4v) is 1.93. The zero-order chi connectivity index (χ0) is 14.4. The minimum atomic E-state index is -0.248. The van der Waals surface area contributed by atoms with Crippen molar-refractivity contribution in [1.82, 2.24) is 0 Å². The fraction of sp³-hybridized carbons (Fsp3) is 0.250. The topological polar surface area (TPSA) is 30.5 Å². The van der Waals surface area contributed by atoms with Crippen molar-refractivity contribution in [1.29, 1.82) is 0 Å². The van der Waals surface area contributed by atoms with Gasteiger partial charge in [-0.15, -0.1) is 0 Å². The van der Waals surface area contributed by atoms with Gasteiger partial charge in [-0.3, -0.25) is 0 Å². The first kappa shape index (κ1) is 14.2. The van der Waals surface area contributed by atoms with Crippen molar-refractivity contribution in [3.63, 3.8) is 0 Å². The Labute approximate surface area is 118 Å². The number of rotatable bonds is 6. The van der Waals surface area contributed by atoms with Gasteiger partial charge in [-0.05, 0) is 30.7 Å². The summed E-state index contributed by atoms with van der Waals surface area (Å²) < 4.78 is 24.4. The third kappa shape index (κ3) is 3.41. The molecule has 2 aromatic carbocycles. The monoisotopic (exact) mass is 275 g/mol. The summed E-state index contributed by atoms with van der Waals surface area (Å²) >= 11 is 0. The highest BCUT2D eigenvalue weighted by Gasteiger charge is 2.05. The molecule has 3 nitrogen and oxygen atoms in total. The zero-order valence-corrected chi connectivity index (χ0v) is 11.7. The average Bonchev–Trinajstić information content (AvgIpc) is 2.46. The van der Waals surface area contributed by atoms with Crippen LogP contribution in [0.5, 0.6) is 11.5 Å². The van der Waals surface area contributed by atoms with Crippen LogP contribution in [0.2, 0.25) is 0 Å². The van der Waals surface area contributed by atoms with Crippen molar-refractivity contribution in [3.8, 4) is 11.5 Å². The van der Waals surface area contributed by atoms with E-state index in [0.29, 0.717) is 30.3 Å². The molecule has 0 spiro atoms. The van der Waals surface area contributed by atoms with Gasteiger partial charge in [0.1, 0.15) is 12.4 Å². The van der Waals surface area contributed by atoms with E-state index >= 15 is 0 Å². The number of para-hydroxylation sites is 3. The van der Waals surface area contributed by atoms with Gasteiger partial charge in [0.05, 0.1) is 12.8 Å². The van der Waals surface area contributed by atoms with E-state index in [4.69, 9.17) is 9.47 Å². The average molecular weight is 275 g/mol. The quantitative estimate of drug-likeness (QED) is 0.817. The smallest absolute Gasteiger partial charge is 0.161 e. The Balaban J connectivity index is 1.88. The first-order valence-electron chi connectivity index (χ1n) is 6.47. The maximum Gasteiger partial charge on any atom is 0.161 e. The molecule has 0 saturated heterocycles. The first-order chi connectivity index (χ1) is 9.72. The van der Waals surface area contributed by atoms with E-state index in [1.165, 1.54) is 6.07 Å². The van der Waals surface area contributed by atoms with Crippen LogP contribution in [0, 0.1) is 12.7 Å². The van der Waals surface area contributed by atoms with Gasteiger partial charge in [0.15, 0.2) is 11.5 Å². The number of anilines is 1. The molecule has 0 aromatic heterocycles. The number of halogens is 1. The molecular weight excluding hydrogens is 257 g/mol. The standard InChI is InChI=1S/C16H18FNO2/c1-12-6-5-7-13(17)16(12)18-10-11-20-15-9-4-3-8-14(15)19-2/h3-9,18H,10-11H2,1-2H3. The molecule has 4 heteroatoms. The van der Waals surface area contributed by atoms with Crippen LogP contribution in [0.3, 0.4) is 0 Å². The number of aryl methyl sites for hydroxylation is 1. The third-order valence-corrected chi connectivity index (χ3v) is 2.95. The second-order valence-electron chi connectivity index (χ2n) is 4.36. The second kappa shape index (κ2) is 6.80. The summed E-state index contributed by atoms with van der Waals surface area (Å²) in [6.07, 6.45) is 0. The van der Waals surface area contributed by atoms with E-state index in [1.54, 1.807) is 13.2 Å². The summed E-state index contributed by atoms with van der Waals surface area (Å²) in [5.74, 6) is 1.12. The predicted octanol–water partition coefficient (Wildman–Crippen LogP) is 3.63. The maximum atomic E-state index is 13.6. The molecule has 106 valence electrons. The van der Waals surface area contributed by atoms with Gasteiger partial charge >= 0.3 is 0 Å². The molecule has 0 aliphatic heterocycles. The van der Waals surface area contributed by atoms with Crippen molar-refractivity contribution in [2.45, 2.75) is 6.92 Å². The van der Waals surface area contributed by atoms with Crippen LogP contribution in [0.1, 0.15) is 5.56 Å². The number of hydrogen-bond donors (Lipinski definition) is 1. The Morgan fingerprint density at radius 2 is 1.80 bits per heavy atom. The van der Waals surface area contributed by atoms with Gasteiger partial charge < -0.3 is 14.8 Å². The highest BCUT2D eigenvalue weighted by atomic mass is 19.1. The largest absolute Gasteiger partial charge is 0.493 e. The van der Waals surface area contributed by atoms with Crippen LogP contribution >= 0.6 is 0 Å². The van der Waals surface area contributed by atoms with Crippen LogP contribution < -0.4 is 14.8 Å². The molecule has 20 heavy (non-hydrogen) atoms. The van der Waals surface area contributed by atoms with E-state index in [-0.39, 0.29) is 5.82 Å². The molecule has 0 atom stereocenters. The molecule has 2 aromatic rings. The van der Waals surface area contributed by atoms with Crippen LogP contribution in [-0.4, -0.2) is 20.3 Å². The summed E-state index contributed by atoms with van der Waals surface area (Å²) in [7, 11) is 1.60. The van der Waals surface area contributed by atoms with Gasteiger partial charge in [-0.1, -0.05) is 24.3 Å². The number of benzene rings is 2.